The fourth-order valence-corrected chi connectivity index (χ4v) is 2.54. The van der Waals surface area contributed by atoms with Gasteiger partial charge in [0.2, 0.25) is 0 Å². The molecule has 0 radical (unpaired) electrons. The Morgan fingerprint density at radius 3 is 3.00 bits per heavy atom. The number of benzene rings is 1. The topological polar surface area (TPSA) is 47.0 Å². The monoisotopic (exact) mass is 293 g/mol. The van der Waals surface area contributed by atoms with E-state index in [1.54, 1.807) is 25.4 Å². The van der Waals surface area contributed by atoms with E-state index in [-0.39, 0.29) is 5.82 Å². The summed E-state index contributed by atoms with van der Waals surface area (Å²) in [5.41, 5.74) is 0.646. The number of halogens is 1. The van der Waals surface area contributed by atoms with Crippen molar-refractivity contribution in [3.05, 3.63) is 48.2 Å². The number of aromatic nitrogens is 2. The molecule has 1 aromatic carbocycles. The summed E-state index contributed by atoms with van der Waals surface area (Å²) in [6.45, 7) is 1.74. The molecule has 1 N–H and O–H groups in total. The summed E-state index contributed by atoms with van der Waals surface area (Å²) < 4.78 is 18.9. The number of ether oxygens (including phenoxy) is 1. The fraction of sp³-hybridized carbons (Fsp3) is 0.286. The van der Waals surface area contributed by atoms with Crippen LogP contribution < -0.4 is 5.32 Å². The van der Waals surface area contributed by atoms with Crippen LogP contribution in [0.2, 0.25) is 0 Å². The number of rotatable bonds is 7. The van der Waals surface area contributed by atoms with Gasteiger partial charge in [-0.25, -0.2) is 14.4 Å². The van der Waals surface area contributed by atoms with Crippen LogP contribution in [-0.4, -0.2) is 30.2 Å². The maximum atomic E-state index is 13.9. The van der Waals surface area contributed by atoms with Crippen LogP contribution in [-0.2, 0) is 11.3 Å². The summed E-state index contributed by atoms with van der Waals surface area (Å²) in [7, 11) is 1.64. The van der Waals surface area contributed by atoms with Gasteiger partial charge >= 0.3 is 0 Å². The van der Waals surface area contributed by atoms with E-state index in [2.05, 4.69) is 15.3 Å². The van der Waals surface area contributed by atoms with Crippen molar-refractivity contribution in [3.63, 3.8) is 0 Å². The molecule has 4 nitrogen and oxygen atoms in total. The lowest BCUT2D eigenvalue weighted by Crippen LogP contribution is -2.19. The van der Waals surface area contributed by atoms with Crippen molar-refractivity contribution in [1.29, 1.82) is 0 Å². The van der Waals surface area contributed by atoms with E-state index in [1.165, 1.54) is 24.2 Å². The first-order valence-electron chi connectivity index (χ1n) is 6.22. The third kappa shape index (κ3) is 4.26. The molecule has 0 unspecified atom stereocenters. The van der Waals surface area contributed by atoms with Gasteiger partial charge < -0.3 is 10.1 Å². The summed E-state index contributed by atoms with van der Waals surface area (Å²) in [6.07, 6.45) is 3.16. The molecule has 0 saturated carbocycles. The smallest absolute Gasteiger partial charge is 0.128 e. The molecule has 0 fully saturated rings. The third-order valence-corrected chi connectivity index (χ3v) is 3.68. The Balaban J connectivity index is 2.09. The Bertz CT molecular complexity index is 539. The highest BCUT2D eigenvalue weighted by molar-refractivity contribution is 7.99. The van der Waals surface area contributed by atoms with Crippen molar-refractivity contribution in [2.24, 2.45) is 0 Å². The van der Waals surface area contributed by atoms with Crippen LogP contribution in [0.4, 0.5) is 4.39 Å². The van der Waals surface area contributed by atoms with Crippen molar-refractivity contribution in [2.75, 3.05) is 20.3 Å². The van der Waals surface area contributed by atoms with Crippen molar-refractivity contribution in [3.8, 4) is 0 Å². The Morgan fingerprint density at radius 2 is 2.25 bits per heavy atom. The third-order valence-electron chi connectivity index (χ3n) is 2.63. The molecular formula is C14H16FN3OS. The molecule has 20 heavy (non-hydrogen) atoms. The lowest BCUT2D eigenvalue weighted by molar-refractivity contribution is 0.199. The molecule has 1 heterocycles. The van der Waals surface area contributed by atoms with Gasteiger partial charge in [-0.15, -0.1) is 0 Å². The molecular weight excluding hydrogens is 277 g/mol. The van der Waals surface area contributed by atoms with Gasteiger partial charge in [-0.05, 0) is 18.2 Å². The van der Waals surface area contributed by atoms with Crippen molar-refractivity contribution in [1.82, 2.24) is 15.3 Å². The van der Waals surface area contributed by atoms with E-state index in [0.717, 1.165) is 9.92 Å². The standard InChI is InChI=1S/C14H16FN3OS/c1-19-8-7-16-9-11-12(15)3-2-4-13(11)20-14-5-6-17-10-18-14/h2-6,10,16H,7-9H2,1H3. The predicted molar refractivity (Wildman–Crippen MR) is 76.1 cm³/mol. The van der Waals surface area contributed by atoms with E-state index in [4.69, 9.17) is 4.74 Å². The summed E-state index contributed by atoms with van der Waals surface area (Å²) in [5, 5.41) is 3.95. The molecule has 6 heteroatoms. The van der Waals surface area contributed by atoms with Crippen LogP contribution in [0.3, 0.4) is 0 Å². The van der Waals surface area contributed by atoms with Gasteiger partial charge in [0, 0.05) is 36.9 Å². The van der Waals surface area contributed by atoms with Gasteiger partial charge in [0.25, 0.3) is 0 Å². The number of hydrogen-bond donors (Lipinski definition) is 1. The summed E-state index contributed by atoms with van der Waals surface area (Å²) in [6, 6.07) is 6.87. The number of nitrogens with zero attached hydrogens (tertiary/aromatic N) is 2. The van der Waals surface area contributed by atoms with Crippen molar-refractivity contribution < 1.29 is 9.13 Å². The molecule has 2 rings (SSSR count). The molecule has 1 aromatic heterocycles. The van der Waals surface area contributed by atoms with Crippen molar-refractivity contribution >= 4 is 11.8 Å². The lowest BCUT2D eigenvalue weighted by Gasteiger charge is -2.10. The van der Waals surface area contributed by atoms with Gasteiger partial charge in [-0.3, -0.25) is 0 Å². The minimum Gasteiger partial charge on any atom is -0.383 e. The van der Waals surface area contributed by atoms with Gasteiger partial charge in [-0.2, -0.15) is 0 Å². The van der Waals surface area contributed by atoms with Crippen LogP contribution in [0.25, 0.3) is 0 Å². The number of nitrogens with one attached hydrogen (secondary N) is 1. The van der Waals surface area contributed by atoms with Crippen molar-refractivity contribution in [2.45, 2.75) is 16.5 Å². The predicted octanol–water partition coefficient (Wildman–Crippen LogP) is 2.50. The molecule has 0 aliphatic heterocycles. The highest BCUT2D eigenvalue weighted by atomic mass is 32.2. The summed E-state index contributed by atoms with van der Waals surface area (Å²) >= 11 is 1.43. The fourth-order valence-electron chi connectivity index (χ4n) is 1.65. The quantitative estimate of drug-likeness (QED) is 0.628. The number of hydrogen-bond acceptors (Lipinski definition) is 5. The zero-order valence-corrected chi connectivity index (χ0v) is 12.0. The Kier molecular flexibility index (Phi) is 5.91. The molecule has 0 aliphatic carbocycles. The van der Waals surface area contributed by atoms with Gasteiger partial charge in [0.15, 0.2) is 0 Å². The Hall–Kier alpha value is -1.50. The molecule has 0 spiro atoms. The van der Waals surface area contributed by atoms with E-state index in [1.807, 2.05) is 6.07 Å². The average Bonchev–Trinajstić information content (AvgIpc) is 2.47. The maximum Gasteiger partial charge on any atom is 0.128 e. The van der Waals surface area contributed by atoms with E-state index < -0.39 is 0 Å². The normalized spacial score (nSPS) is 10.7. The second kappa shape index (κ2) is 7.94. The van der Waals surface area contributed by atoms with Crippen LogP contribution in [0.15, 0.2) is 46.7 Å². The molecule has 0 bridgehead atoms. The first-order valence-corrected chi connectivity index (χ1v) is 7.04. The molecule has 2 aromatic rings. The minimum atomic E-state index is -0.214. The second-order valence-electron chi connectivity index (χ2n) is 4.04. The van der Waals surface area contributed by atoms with Crippen LogP contribution in [0.5, 0.6) is 0 Å². The van der Waals surface area contributed by atoms with Crippen LogP contribution in [0.1, 0.15) is 5.56 Å². The van der Waals surface area contributed by atoms with E-state index >= 15 is 0 Å². The van der Waals surface area contributed by atoms with Gasteiger partial charge in [-0.1, -0.05) is 17.8 Å². The molecule has 106 valence electrons. The zero-order chi connectivity index (χ0) is 14.2. The van der Waals surface area contributed by atoms with Crippen LogP contribution in [0, 0.1) is 5.82 Å². The second-order valence-corrected chi connectivity index (χ2v) is 5.10. The SMILES string of the molecule is COCCNCc1c(F)cccc1Sc1ccncn1. The van der Waals surface area contributed by atoms with Gasteiger partial charge in [0.1, 0.15) is 17.2 Å². The molecule has 0 aliphatic rings. The maximum absolute atomic E-state index is 13.9. The molecule has 0 saturated heterocycles. The van der Waals surface area contributed by atoms with Crippen LogP contribution >= 0.6 is 11.8 Å². The van der Waals surface area contributed by atoms with Gasteiger partial charge in [0.05, 0.1) is 6.61 Å². The Labute approximate surface area is 121 Å². The highest BCUT2D eigenvalue weighted by Crippen LogP contribution is 2.30. The summed E-state index contributed by atoms with van der Waals surface area (Å²) in [5.74, 6) is -0.214. The zero-order valence-electron chi connectivity index (χ0n) is 11.2. The molecule has 0 amide bonds. The minimum absolute atomic E-state index is 0.214. The summed E-state index contributed by atoms with van der Waals surface area (Å²) in [4.78, 5) is 8.87. The number of methoxy groups -OCH3 is 1. The molecule has 0 atom stereocenters. The Morgan fingerprint density at radius 1 is 1.35 bits per heavy atom. The first-order chi connectivity index (χ1) is 9.81. The van der Waals surface area contributed by atoms with E-state index in [0.29, 0.717) is 25.3 Å². The highest BCUT2D eigenvalue weighted by Gasteiger charge is 2.10. The first kappa shape index (κ1) is 14.9. The lowest BCUT2D eigenvalue weighted by atomic mass is 10.2. The average molecular weight is 293 g/mol. The van der Waals surface area contributed by atoms with E-state index in [9.17, 15) is 4.39 Å². The largest absolute Gasteiger partial charge is 0.383 e.